The number of rotatable bonds is 8. The van der Waals surface area contributed by atoms with Crippen molar-refractivity contribution in [3.05, 3.63) is 89.5 Å². The molecule has 0 atom stereocenters. The standard InChI is InChI=1S/C27H22N2O6/c28-13-6-14-29(20-7-2-1-3-8-20)25(30)18-35-27(32)22-10-5-4-9-21(22)26(31)19-11-12-23-24(17-19)34-16-15-33-23/h1-5,7-12,17H,6,14-16,18H2. The molecule has 176 valence electrons. The Morgan fingerprint density at radius 2 is 1.57 bits per heavy atom. The molecule has 1 aliphatic heterocycles. The molecule has 4 rings (SSSR count). The second kappa shape index (κ2) is 11.0. The highest BCUT2D eigenvalue weighted by atomic mass is 16.6. The van der Waals surface area contributed by atoms with Crippen molar-refractivity contribution < 1.29 is 28.6 Å². The van der Waals surface area contributed by atoms with Gasteiger partial charge < -0.3 is 19.1 Å². The number of carbonyl (C=O) groups excluding carboxylic acids is 3. The lowest BCUT2D eigenvalue weighted by Crippen LogP contribution is -2.35. The smallest absolute Gasteiger partial charge is 0.339 e. The fourth-order valence-corrected chi connectivity index (χ4v) is 3.65. The number of fused-ring (bicyclic) bond motifs is 1. The largest absolute Gasteiger partial charge is 0.486 e. The third-order valence-electron chi connectivity index (χ3n) is 5.34. The summed E-state index contributed by atoms with van der Waals surface area (Å²) in [7, 11) is 0. The minimum absolute atomic E-state index is 0.0449. The summed E-state index contributed by atoms with van der Waals surface area (Å²) in [6.45, 7) is 0.448. The summed E-state index contributed by atoms with van der Waals surface area (Å²) in [4.78, 5) is 40.3. The predicted octanol–water partition coefficient (Wildman–Crippen LogP) is 3.79. The van der Waals surface area contributed by atoms with Crippen LogP contribution in [0.2, 0.25) is 0 Å². The Hall–Kier alpha value is -4.64. The van der Waals surface area contributed by atoms with Gasteiger partial charge in [-0.25, -0.2) is 4.79 Å². The number of ketones is 1. The Kier molecular flexibility index (Phi) is 7.38. The minimum atomic E-state index is -0.798. The van der Waals surface area contributed by atoms with E-state index in [1.54, 1.807) is 54.6 Å². The maximum Gasteiger partial charge on any atom is 0.339 e. The van der Waals surface area contributed by atoms with Gasteiger partial charge in [-0.05, 0) is 36.4 Å². The van der Waals surface area contributed by atoms with Crippen LogP contribution in [-0.4, -0.2) is 44.0 Å². The van der Waals surface area contributed by atoms with Gasteiger partial charge in [-0.2, -0.15) is 5.26 Å². The highest BCUT2D eigenvalue weighted by Crippen LogP contribution is 2.31. The number of para-hydroxylation sites is 1. The zero-order valence-electron chi connectivity index (χ0n) is 18.8. The van der Waals surface area contributed by atoms with Crippen LogP contribution >= 0.6 is 0 Å². The van der Waals surface area contributed by atoms with Crippen molar-refractivity contribution in [1.29, 1.82) is 5.26 Å². The van der Waals surface area contributed by atoms with E-state index in [1.165, 1.54) is 17.0 Å². The summed E-state index contributed by atoms with van der Waals surface area (Å²) in [5.74, 6) is -0.645. The Morgan fingerprint density at radius 1 is 0.886 bits per heavy atom. The third-order valence-corrected chi connectivity index (χ3v) is 5.34. The summed E-state index contributed by atoms with van der Waals surface area (Å²) in [5.41, 5.74) is 1.12. The molecule has 1 amide bonds. The van der Waals surface area contributed by atoms with Crippen LogP contribution in [0, 0.1) is 11.3 Å². The van der Waals surface area contributed by atoms with Gasteiger partial charge in [0.25, 0.3) is 5.91 Å². The zero-order chi connectivity index (χ0) is 24.6. The van der Waals surface area contributed by atoms with Gasteiger partial charge in [0.05, 0.1) is 18.1 Å². The minimum Gasteiger partial charge on any atom is -0.486 e. The Balaban J connectivity index is 1.49. The van der Waals surface area contributed by atoms with Crippen LogP contribution in [0.25, 0.3) is 0 Å². The number of esters is 1. The van der Waals surface area contributed by atoms with Crippen molar-refractivity contribution in [3.8, 4) is 17.6 Å². The van der Waals surface area contributed by atoms with E-state index in [-0.39, 0.29) is 29.9 Å². The summed E-state index contributed by atoms with van der Waals surface area (Å²) in [5, 5.41) is 8.93. The predicted molar refractivity (Wildman–Crippen MR) is 127 cm³/mol. The first-order chi connectivity index (χ1) is 17.1. The van der Waals surface area contributed by atoms with Gasteiger partial charge in [0.15, 0.2) is 23.9 Å². The molecular weight excluding hydrogens is 448 g/mol. The quantitative estimate of drug-likeness (QED) is 0.364. The molecule has 0 unspecified atom stereocenters. The van der Waals surface area contributed by atoms with Gasteiger partial charge in [0.2, 0.25) is 0 Å². The summed E-state index contributed by atoms with van der Waals surface area (Å²) in [6, 6.07) is 21.9. The van der Waals surface area contributed by atoms with Crippen molar-refractivity contribution in [3.63, 3.8) is 0 Å². The lowest BCUT2D eigenvalue weighted by molar-refractivity contribution is -0.121. The Morgan fingerprint density at radius 3 is 2.31 bits per heavy atom. The lowest BCUT2D eigenvalue weighted by atomic mass is 9.98. The van der Waals surface area contributed by atoms with E-state index < -0.39 is 18.5 Å². The SMILES string of the molecule is N#CCCN(C(=O)COC(=O)c1ccccc1C(=O)c1ccc2c(c1)OCCO2)c1ccccc1. The zero-order valence-corrected chi connectivity index (χ0v) is 18.8. The normalized spacial score (nSPS) is 11.7. The van der Waals surface area contributed by atoms with Crippen LogP contribution in [-0.2, 0) is 9.53 Å². The van der Waals surface area contributed by atoms with E-state index in [2.05, 4.69) is 0 Å². The number of nitriles is 1. The number of amides is 1. The van der Waals surface area contributed by atoms with Crippen LogP contribution in [0.15, 0.2) is 72.8 Å². The van der Waals surface area contributed by atoms with E-state index in [1.807, 2.05) is 12.1 Å². The second-order valence-corrected chi connectivity index (χ2v) is 7.60. The fourth-order valence-electron chi connectivity index (χ4n) is 3.65. The van der Waals surface area contributed by atoms with E-state index in [0.29, 0.717) is 36.0 Å². The van der Waals surface area contributed by atoms with E-state index in [4.69, 9.17) is 19.5 Å². The van der Waals surface area contributed by atoms with Gasteiger partial charge in [0.1, 0.15) is 13.2 Å². The molecule has 0 saturated carbocycles. The monoisotopic (exact) mass is 470 g/mol. The maximum absolute atomic E-state index is 13.2. The van der Waals surface area contributed by atoms with Gasteiger partial charge in [-0.15, -0.1) is 0 Å². The number of anilines is 1. The van der Waals surface area contributed by atoms with Crippen LogP contribution in [0.1, 0.15) is 32.7 Å². The average molecular weight is 470 g/mol. The molecule has 8 heteroatoms. The highest BCUT2D eigenvalue weighted by molar-refractivity contribution is 6.14. The number of hydrogen-bond acceptors (Lipinski definition) is 7. The molecule has 8 nitrogen and oxygen atoms in total. The first-order valence-electron chi connectivity index (χ1n) is 11.0. The molecule has 35 heavy (non-hydrogen) atoms. The molecule has 0 spiro atoms. The molecule has 3 aromatic rings. The van der Waals surface area contributed by atoms with Crippen LogP contribution in [0.5, 0.6) is 11.5 Å². The highest BCUT2D eigenvalue weighted by Gasteiger charge is 2.23. The molecule has 0 aromatic heterocycles. The number of nitrogens with zero attached hydrogens (tertiary/aromatic N) is 2. The van der Waals surface area contributed by atoms with E-state index in [0.717, 1.165) is 0 Å². The Labute approximate surface area is 202 Å². The average Bonchev–Trinajstić information content (AvgIpc) is 2.91. The Bertz CT molecular complexity index is 1280. The number of carbonyl (C=O) groups is 3. The molecule has 0 radical (unpaired) electrons. The van der Waals surface area contributed by atoms with Crippen molar-refractivity contribution in [2.45, 2.75) is 6.42 Å². The van der Waals surface area contributed by atoms with Gasteiger partial charge >= 0.3 is 5.97 Å². The van der Waals surface area contributed by atoms with Crippen molar-refractivity contribution in [2.75, 3.05) is 31.3 Å². The molecule has 0 fully saturated rings. The van der Waals surface area contributed by atoms with E-state index >= 15 is 0 Å². The summed E-state index contributed by atoms with van der Waals surface area (Å²) < 4.78 is 16.3. The van der Waals surface area contributed by atoms with Gasteiger partial charge in [0, 0.05) is 23.4 Å². The molecule has 1 heterocycles. The van der Waals surface area contributed by atoms with Gasteiger partial charge in [-0.3, -0.25) is 9.59 Å². The number of ether oxygens (including phenoxy) is 3. The number of benzene rings is 3. The third kappa shape index (κ3) is 5.47. The topological polar surface area (TPSA) is 106 Å². The molecule has 3 aromatic carbocycles. The summed E-state index contributed by atoms with van der Waals surface area (Å²) >= 11 is 0. The summed E-state index contributed by atoms with van der Waals surface area (Å²) in [6.07, 6.45) is 0.126. The van der Waals surface area contributed by atoms with Crippen molar-refractivity contribution in [1.82, 2.24) is 0 Å². The molecular formula is C27H22N2O6. The number of hydrogen-bond donors (Lipinski definition) is 0. The van der Waals surface area contributed by atoms with E-state index in [9.17, 15) is 14.4 Å². The van der Waals surface area contributed by atoms with Crippen LogP contribution in [0.4, 0.5) is 5.69 Å². The second-order valence-electron chi connectivity index (χ2n) is 7.60. The first-order valence-corrected chi connectivity index (χ1v) is 11.0. The van der Waals surface area contributed by atoms with Crippen molar-refractivity contribution >= 4 is 23.3 Å². The van der Waals surface area contributed by atoms with Crippen molar-refractivity contribution in [2.24, 2.45) is 0 Å². The van der Waals surface area contributed by atoms with Crippen LogP contribution < -0.4 is 14.4 Å². The van der Waals surface area contributed by atoms with Gasteiger partial charge in [-0.1, -0.05) is 36.4 Å². The molecule has 0 N–H and O–H groups in total. The maximum atomic E-state index is 13.2. The molecule has 0 saturated heterocycles. The molecule has 0 bridgehead atoms. The molecule has 0 aliphatic carbocycles. The fraction of sp³-hybridized carbons (Fsp3) is 0.185. The van der Waals surface area contributed by atoms with Crippen LogP contribution in [0.3, 0.4) is 0 Å². The molecule has 1 aliphatic rings. The lowest BCUT2D eigenvalue weighted by Gasteiger charge is -2.21. The first kappa shape index (κ1) is 23.5.